The molecule has 0 aliphatic carbocycles. The number of fused-ring (bicyclic) bond motifs is 7. The molecule has 2 heteroatoms. The summed E-state index contributed by atoms with van der Waals surface area (Å²) in [6, 6.07) is 66.3. The average Bonchev–Trinajstić information content (AvgIpc) is 3.59. The SMILES string of the molecule is c1ccc(-n2c(-c3ccc(-c4cc5ccc6cccc7c8ccccc8c8ccccc8c(c4)c5c67)c4ccccc34)nc3ccccc32)cc1. The van der Waals surface area contributed by atoms with Gasteiger partial charge in [0.2, 0.25) is 0 Å². The highest BCUT2D eigenvalue weighted by Gasteiger charge is 2.19. The summed E-state index contributed by atoms with van der Waals surface area (Å²) in [5.74, 6) is 0.943. The monoisotopic (exact) mass is 646 g/mol. The number of para-hydroxylation sites is 3. The number of benzene rings is 9. The topological polar surface area (TPSA) is 17.8 Å². The average molecular weight is 647 g/mol. The first-order chi connectivity index (χ1) is 25.3. The van der Waals surface area contributed by atoms with E-state index in [1.165, 1.54) is 75.8 Å². The summed E-state index contributed by atoms with van der Waals surface area (Å²) >= 11 is 0. The van der Waals surface area contributed by atoms with Gasteiger partial charge in [0, 0.05) is 11.3 Å². The van der Waals surface area contributed by atoms with Crippen molar-refractivity contribution in [3.8, 4) is 28.2 Å². The molecular formula is C49H30N2. The minimum Gasteiger partial charge on any atom is -0.292 e. The van der Waals surface area contributed by atoms with E-state index in [0.29, 0.717) is 0 Å². The van der Waals surface area contributed by atoms with Gasteiger partial charge in [-0.05, 0) is 118 Å². The second kappa shape index (κ2) is 10.9. The van der Waals surface area contributed by atoms with Crippen molar-refractivity contribution in [2.45, 2.75) is 0 Å². The zero-order valence-electron chi connectivity index (χ0n) is 27.7. The zero-order valence-corrected chi connectivity index (χ0v) is 27.7. The highest BCUT2D eigenvalue weighted by atomic mass is 15.1. The molecule has 1 heterocycles. The van der Waals surface area contributed by atoms with Gasteiger partial charge in [-0.3, -0.25) is 4.57 Å². The lowest BCUT2D eigenvalue weighted by Gasteiger charge is -2.17. The standard InChI is InChI=1S/C49H30N2/c1-2-14-34(15-3-1)51-46-24-11-10-23-45(46)50-49(51)43-28-27-35(36-16-4-8-20-40(36)43)33-29-32-26-25-31-13-12-22-42-39-19-7-5-17-37(39)38-18-6-9-21-41(38)44(30-33)48(32)47(31)42/h1-30H. The van der Waals surface area contributed by atoms with Crippen LogP contribution in [0.3, 0.4) is 0 Å². The highest BCUT2D eigenvalue weighted by molar-refractivity contribution is 6.33. The molecule has 2 nitrogen and oxygen atoms in total. The summed E-state index contributed by atoms with van der Waals surface area (Å²) in [6.45, 7) is 0. The van der Waals surface area contributed by atoms with Crippen LogP contribution in [0.5, 0.6) is 0 Å². The van der Waals surface area contributed by atoms with Crippen LogP contribution in [0.1, 0.15) is 0 Å². The first-order valence-electron chi connectivity index (χ1n) is 17.6. The summed E-state index contributed by atoms with van der Waals surface area (Å²) in [4.78, 5) is 5.24. The number of hydrogen-bond acceptors (Lipinski definition) is 1. The maximum absolute atomic E-state index is 5.24. The number of rotatable bonds is 3. The molecule has 1 aromatic heterocycles. The van der Waals surface area contributed by atoms with Gasteiger partial charge < -0.3 is 0 Å². The van der Waals surface area contributed by atoms with Crippen molar-refractivity contribution < 1.29 is 0 Å². The van der Waals surface area contributed by atoms with Crippen LogP contribution in [-0.4, -0.2) is 9.55 Å². The molecule has 0 amide bonds. The Balaban J connectivity index is 1.24. The van der Waals surface area contributed by atoms with Crippen molar-refractivity contribution in [1.29, 1.82) is 0 Å². The lowest BCUT2D eigenvalue weighted by Crippen LogP contribution is -1.98. The molecule has 0 saturated carbocycles. The van der Waals surface area contributed by atoms with Crippen LogP contribution in [0.25, 0.3) is 104 Å². The fourth-order valence-electron chi connectivity index (χ4n) is 8.53. The smallest absolute Gasteiger partial charge is 0.146 e. The largest absolute Gasteiger partial charge is 0.292 e. The quantitative estimate of drug-likeness (QED) is 0.175. The normalized spacial score (nSPS) is 11.9. The van der Waals surface area contributed by atoms with E-state index >= 15 is 0 Å². The molecule has 0 aliphatic heterocycles. The summed E-state index contributed by atoms with van der Waals surface area (Å²) in [7, 11) is 0. The maximum Gasteiger partial charge on any atom is 0.146 e. The van der Waals surface area contributed by atoms with Gasteiger partial charge in [0.15, 0.2) is 0 Å². The molecule has 51 heavy (non-hydrogen) atoms. The predicted molar refractivity (Wildman–Crippen MR) is 217 cm³/mol. The molecule has 11 aromatic rings. The van der Waals surface area contributed by atoms with Gasteiger partial charge in [0.1, 0.15) is 5.82 Å². The molecule has 0 atom stereocenters. The van der Waals surface area contributed by atoms with Gasteiger partial charge in [0.05, 0.1) is 11.0 Å². The minimum absolute atomic E-state index is 0.943. The number of nitrogens with zero attached hydrogens (tertiary/aromatic N) is 2. The van der Waals surface area contributed by atoms with Crippen LogP contribution in [0.2, 0.25) is 0 Å². The molecule has 0 aliphatic rings. The fourth-order valence-corrected chi connectivity index (χ4v) is 8.53. The Morgan fingerprint density at radius 1 is 0.353 bits per heavy atom. The van der Waals surface area contributed by atoms with Crippen molar-refractivity contribution in [3.05, 3.63) is 182 Å². The van der Waals surface area contributed by atoms with Crippen molar-refractivity contribution in [2.24, 2.45) is 0 Å². The summed E-state index contributed by atoms with van der Waals surface area (Å²) in [5.41, 5.74) is 6.71. The van der Waals surface area contributed by atoms with E-state index in [0.717, 1.165) is 28.1 Å². The van der Waals surface area contributed by atoms with E-state index in [2.05, 4.69) is 187 Å². The van der Waals surface area contributed by atoms with E-state index in [1.54, 1.807) is 0 Å². The molecule has 0 N–H and O–H groups in total. The van der Waals surface area contributed by atoms with E-state index < -0.39 is 0 Å². The second-order valence-electron chi connectivity index (χ2n) is 13.5. The molecule has 0 spiro atoms. The molecule has 0 fully saturated rings. The molecule has 0 bridgehead atoms. The van der Waals surface area contributed by atoms with Crippen LogP contribution < -0.4 is 0 Å². The van der Waals surface area contributed by atoms with Crippen LogP contribution in [0.4, 0.5) is 0 Å². The minimum atomic E-state index is 0.943. The van der Waals surface area contributed by atoms with Gasteiger partial charge in [-0.1, -0.05) is 140 Å². The van der Waals surface area contributed by atoms with Crippen molar-refractivity contribution >= 4 is 75.7 Å². The van der Waals surface area contributed by atoms with Crippen molar-refractivity contribution in [1.82, 2.24) is 9.55 Å². The van der Waals surface area contributed by atoms with E-state index in [4.69, 9.17) is 4.98 Å². The molecule has 0 saturated heterocycles. The van der Waals surface area contributed by atoms with Crippen LogP contribution in [0, 0.1) is 0 Å². The second-order valence-corrected chi connectivity index (χ2v) is 13.5. The van der Waals surface area contributed by atoms with E-state index in [1.807, 2.05) is 0 Å². The van der Waals surface area contributed by atoms with E-state index in [-0.39, 0.29) is 0 Å². The predicted octanol–water partition coefficient (Wildman–Crippen LogP) is 13.3. The third-order valence-corrected chi connectivity index (χ3v) is 10.7. The first kappa shape index (κ1) is 28.1. The number of aromatic nitrogens is 2. The van der Waals surface area contributed by atoms with Gasteiger partial charge >= 0.3 is 0 Å². The first-order valence-corrected chi connectivity index (χ1v) is 17.6. The van der Waals surface area contributed by atoms with Crippen molar-refractivity contribution in [2.75, 3.05) is 0 Å². The van der Waals surface area contributed by atoms with Crippen LogP contribution in [-0.2, 0) is 0 Å². The summed E-state index contributed by atoms with van der Waals surface area (Å²) < 4.78 is 2.29. The highest BCUT2D eigenvalue weighted by Crippen LogP contribution is 2.44. The van der Waals surface area contributed by atoms with Gasteiger partial charge in [-0.25, -0.2) is 4.98 Å². The Labute approximate surface area is 294 Å². The Kier molecular flexibility index (Phi) is 5.99. The maximum atomic E-state index is 5.24. The Morgan fingerprint density at radius 3 is 1.67 bits per heavy atom. The molecule has 0 radical (unpaired) electrons. The summed E-state index contributed by atoms with van der Waals surface area (Å²) in [5, 5.41) is 15.2. The third-order valence-electron chi connectivity index (χ3n) is 10.7. The number of hydrogen-bond donors (Lipinski definition) is 0. The fraction of sp³-hybridized carbons (Fsp3) is 0. The molecule has 10 aromatic carbocycles. The Hall–Kier alpha value is -6.77. The van der Waals surface area contributed by atoms with Gasteiger partial charge in [-0.2, -0.15) is 0 Å². The lowest BCUT2D eigenvalue weighted by molar-refractivity contribution is 1.11. The molecule has 0 unspecified atom stereocenters. The van der Waals surface area contributed by atoms with Crippen LogP contribution in [0.15, 0.2) is 182 Å². The Bertz CT molecular complexity index is 3190. The third kappa shape index (κ3) is 4.14. The van der Waals surface area contributed by atoms with Gasteiger partial charge in [-0.15, -0.1) is 0 Å². The lowest BCUT2D eigenvalue weighted by atomic mass is 9.87. The van der Waals surface area contributed by atoms with E-state index in [9.17, 15) is 0 Å². The number of imidazole rings is 1. The van der Waals surface area contributed by atoms with Crippen LogP contribution >= 0.6 is 0 Å². The summed E-state index contributed by atoms with van der Waals surface area (Å²) in [6.07, 6.45) is 0. The Morgan fingerprint density at radius 2 is 0.902 bits per heavy atom. The molecule has 236 valence electrons. The van der Waals surface area contributed by atoms with Crippen molar-refractivity contribution in [3.63, 3.8) is 0 Å². The van der Waals surface area contributed by atoms with Gasteiger partial charge in [0.25, 0.3) is 0 Å². The molecular weight excluding hydrogens is 617 g/mol. The molecule has 11 rings (SSSR count). The zero-order chi connectivity index (χ0) is 33.5.